The van der Waals surface area contributed by atoms with Crippen LogP contribution in [0.25, 0.3) is 0 Å². The van der Waals surface area contributed by atoms with Crippen LogP contribution in [0, 0.1) is 11.8 Å². The van der Waals surface area contributed by atoms with Crippen LogP contribution in [0.4, 0.5) is 32.3 Å². The molecule has 5 rings (SSSR count). The maximum atomic E-state index is 13.7. The van der Waals surface area contributed by atoms with E-state index in [-0.39, 0.29) is 46.8 Å². The molecule has 8 N–H and O–H groups in total. The minimum Gasteiger partial charge on any atom is -0.453 e. The van der Waals surface area contributed by atoms with Crippen molar-refractivity contribution in [3.05, 3.63) is 82.9 Å². The van der Waals surface area contributed by atoms with Crippen molar-refractivity contribution in [1.82, 2.24) is 20.4 Å². The van der Waals surface area contributed by atoms with Crippen LogP contribution >= 0.6 is 0 Å². The Bertz CT molecular complexity index is 2190. The van der Waals surface area contributed by atoms with Crippen molar-refractivity contribution in [3.8, 4) is 0 Å². The molecule has 5 atom stereocenters. The number of carbonyl (C=O) groups is 6. The Morgan fingerprint density at radius 2 is 1.09 bits per heavy atom. The zero-order valence-electron chi connectivity index (χ0n) is 38.6. The van der Waals surface area contributed by atoms with Crippen LogP contribution in [-0.2, 0) is 40.5 Å². The van der Waals surface area contributed by atoms with E-state index < -0.39 is 36.4 Å². The highest BCUT2D eigenvalue weighted by atomic mass is 16.5. The number of carbonyl (C=O) groups excluding carboxylic acids is 6. The van der Waals surface area contributed by atoms with E-state index in [0.717, 1.165) is 16.7 Å². The summed E-state index contributed by atoms with van der Waals surface area (Å²) in [5.41, 5.74) is 18.8. The lowest BCUT2D eigenvalue weighted by atomic mass is 9.82. The summed E-state index contributed by atoms with van der Waals surface area (Å²) in [7, 11) is 2.47. The molecule has 2 saturated heterocycles. The Morgan fingerprint density at radius 1 is 0.656 bits per heavy atom. The molecule has 2 aliphatic rings. The first-order valence-corrected chi connectivity index (χ1v) is 22.0. The number of methoxy groups -OCH3 is 2. The Labute approximate surface area is 376 Å². The molecule has 0 saturated carbocycles. The van der Waals surface area contributed by atoms with E-state index >= 15 is 0 Å². The van der Waals surface area contributed by atoms with Crippen LogP contribution in [0.15, 0.2) is 60.7 Å². The molecular formula is C48H66N8O8. The third-order valence-electron chi connectivity index (χ3n) is 12.2. The third-order valence-corrected chi connectivity index (χ3v) is 12.2. The number of likely N-dealkylation sites (tertiary alicyclic amines) is 2. The van der Waals surface area contributed by atoms with Gasteiger partial charge in [-0.3, -0.25) is 19.2 Å². The molecule has 0 radical (unpaired) electrons. The minimum absolute atomic E-state index is 0.0566. The molecule has 64 heavy (non-hydrogen) atoms. The van der Waals surface area contributed by atoms with Gasteiger partial charge in [-0.05, 0) is 95.9 Å². The number of nitrogens with two attached hydrogens (primary N) is 2. The fourth-order valence-corrected chi connectivity index (χ4v) is 8.44. The fraction of sp³-hybridized carbons (Fsp3) is 0.500. The molecule has 0 aromatic heterocycles. The monoisotopic (exact) mass is 883 g/mol. The number of rotatable bonds is 14. The fourth-order valence-electron chi connectivity index (χ4n) is 8.44. The molecule has 0 aliphatic carbocycles. The smallest absolute Gasteiger partial charge is 0.407 e. The molecule has 3 aromatic carbocycles. The Kier molecular flexibility index (Phi) is 15.9. The number of amides is 6. The average molecular weight is 883 g/mol. The first-order valence-electron chi connectivity index (χ1n) is 22.0. The Balaban J connectivity index is 1.35. The standard InChI is InChI=1S/C48H66N8O8/c1-27(2)40(53-46(61)63-8)44(59)55-22-10-12-38(55)42(57)51-36-20-14-29(25-34(36)49)24-33(30-15-18-32(19-16-30)48(5,6)7)31-17-21-37(35(50)26-31)52-43(58)39-13-11-23-56(39)45(60)41(28(3)4)54-47(62)64-9/h14-21,25-28,33,38-41H,10-13,22-24,49-50H2,1-9H3,(H,51,57)(H,52,58)(H,53,61)(H,54,62)/t33?,38-,39-,40-,41-/m0/s1. The highest BCUT2D eigenvalue weighted by Gasteiger charge is 2.40. The molecule has 346 valence electrons. The van der Waals surface area contributed by atoms with Gasteiger partial charge in [0.1, 0.15) is 24.2 Å². The van der Waals surface area contributed by atoms with Crippen LogP contribution in [0.1, 0.15) is 102 Å². The minimum atomic E-state index is -0.855. The Morgan fingerprint density at radius 3 is 1.50 bits per heavy atom. The molecule has 1 unspecified atom stereocenters. The third kappa shape index (κ3) is 11.6. The van der Waals surface area contributed by atoms with Gasteiger partial charge in [-0.2, -0.15) is 0 Å². The van der Waals surface area contributed by atoms with Gasteiger partial charge in [-0.25, -0.2) is 9.59 Å². The first-order chi connectivity index (χ1) is 30.2. The number of alkyl carbamates (subject to hydrolysis) is 2. The predicted octanol–water partition coefficient (Wildman–Crippen LogP) is 6.14. The largest absolute Gasteiger partial charge is 0.453 e. The number of ether oxygens (including phenoxy) is 2. The summed E-state index contributed by atoms with van der Waals surface area (Å²) < 4.78 is 9.45. The zero-order valence-corrected chi connectivity index (χ0v) is 38.6. The van der Waals surface area contributed by atoms with Gasteiger partial charge in [-0.1, -0.05) is 84.9 Å². The number of hydrogen-bond donors (Lipinski definition) is 6. The summed E-state index contributed by atoms with van der Waals surface area (Å²) in [6.07, 6.45) is 1.27. The molecule has 2 heterocycles. The van der Waals surface area contributed by atoms with Crippen molar-refractivity contribution in [2.75, 3.05) is 49.4 Å². The number of anilines is 4. The van der Waals surface area contributed by atoms with E-state index in [1.54, 1.807) is 12.1 Å². The number of nitrogen functional groups attached to an aromatic ring is 2. The first kappa shape index (κ1) is 48.7. The summed E-state index contributed by atoms with van der Waals surface area (Å²) in [5.74, 6) is -2.09. The van der Waals surface area contributed by atoms with E-state index in [9.17, 15) is 28.8 Å². The SMILES string of the molecule is COC(=O)N[C@H](C(=O)N1CCC[C@H]1C(=O)Nc1ccc(CC(c2ccc(C(C)(C)C)cc2)c2ccc(NC(=O)[C@@H]3CCCN3C(=O)[C@@H](NC(=O)OC)C(C)C)c(N)c2)cc1N)C(C)C. The molecule has 2 aliphatic heterocycles. The summed E-state index contributed by atoms with van der Waals surface area (Å²) in [5, 5.41) is 11.1. The molecular weight excluding hydrogens is 817 g/mol. The number of benzene rings is 3. The molecule has 16 heteroatoms. The normalized spacial score (nSPS) is 17.7. The summed E-state index contributed by atoms with van der Waals surface area (Å²) >= 11 is 0. The van der Waals surface area contributed by atoms with Crippen LogP contribution in [-0.4, -0.2) is 97.1 Å². The van der Waals surface area contributed by atoms with Crippen molar-refractivity contribution < 1.29 is 38.2 Å². The maximum absolute atomic E-state index is 13.7. The summed E-state index contributed by atoms with van der Waals surface area (Å²) in [6.45, 7) is 14.5. The van der Waals surface area contributed by atoms with Crippen molar-refractivity contribution in [2.45, 2.75) is 116 Å². The van der Waals surface area contributed by atoms with Crippen LogP contribution in [0.3, 0.4) is 0 Å². The van der Waals surface area contributed by atoms with Gasteiger partial charge >= 0.3 is 12.2 Å². The van der Waals surface area contributed by atoms with E-state index in [2.05, 4.69) is 66.3 Å². The second-order valence-electron chi connectivity index (χ2n) is 18.5. The van der Waals surface area contributed by atoms with Crippen molar-refractivity contribution >= 4 is 58.6 Å². The number of hydrogen-bond acceptors (Lipinski definition) is 10. The molecule has 0 spiro atoms. The van der Waals surface area contributed by atoms with Gasteiger partial charge in [-0.15, -0.1) is 0 Å². The number of nitrogens with zero attached hydrogens (tertiary/aromatic N) is 2. The van der Waals surface area contributed by atoms with Crippen LogP contribution < -0.4 is 32.7 Å². The predicted molar refractivity (Wildman–Crippen MR) is 247 cm³/mol. The lowest BCUT2D eigenvalue weighted by Gasteiger charge is -2.30. The number of nitrogens with one attached hydrogen (secondary N) is 4. The van der Waals surface area contributed by atoms with Gasteiger partial charge < -0.3 is 52.0 Å². The van der Waals surface area contributed by atoms with E-state index in [1.165, 1.54) is 29.6 Å². The molecule has 6 amide bonds. The van der Waals surface area contributed by atoms with Gasteiger partial charge in [0.2, 0.25) is 23.6 Å². The van der Waals surface area contributed by atoms with E-state index in [4.69, 9.17) is 20.9 Å². The van der Waals surface area contributed by atoms with Gasteiger partial charge in [0.25, 0.3) is 0 Å². The summed E-state index contributed by atoms with van der Waals surface area (Å²) in [6, 6.07) is 16.3. The lowest BCUT2D eigenvalue weighted by molar-refractivity contribution is -0.139. The van der Waals surface area contributed by atoms with Crippen molar-refractivity contribution in [1.29, 1.82) is 0 Å². The summed E-state index contributed by atoms with van der Waals surface area (Å²) in [4.78, 5) is 81.6. The van der Waals surface area contributed by atoms with Gasteiger partial charge in [0, 0.05) is 19.0 Å². The zero-order chi connectivity index (χ0) is 47.0. The van der Waals surface area contributed by atoms with E-state index in [0.29, 0.717) is 67.9 Å². The molecule has 3 aromatic rings. The second-order valence-corrected chi connectivity index (χ2v) is 18.5. The molecule has 2 fully saturated rings. The van der Waals surface area contributed by atoms with Crippen LogP contribution in [0.5, 0.6) is 0 Å². The quantitative estimate of drug-likeness (QED) is 0.101. The van der Waals surface area contributed by atoms with Gasteiger partial charge in [0.05, 0.1) is 37.0 Å². The topological polar surface area (TPSA) is 228 Å². The second kappa shape index (κ2) is 20.9. The highest BCUT2D eigenvalue weighted by Crippen LogP contribution is 2.35. The Hall–Kier alpha value is -6.32. The molecule has 0 bridgehead atoms. The van der Waals surface area contributed by atoms with E-state index in [1.807, 2.05) is 52.0 Å². The van der Waals surface area contributed by atoms with Crippen molar-refractivity contribution in [3.63, 3.8) is 0 Å². The highest BCUT2D eigenvalue weighted by molar-refractivity contribution is 6.01. The maximum Gasteiger partial charge on any atom is 0.407 e. The van der Waals surface area contributed by atoms with Crippen molar-refractivity contribution in [2.24, 2.45) is 11.8 Å². The average Bonchev–Trinajstić information content (AvgIpc) is 3.96. The van der Waals surface area contributed by atoms with Gasteiger partial charge in [0.15, 0.2) is 0 Å². The molecule has 16 nitrogen and oxygen atoms in total. The van der Waals surface area contributed by atoms with Crippen LogP contribution in [0.2, 0.25) is 0 Å². The lowest BCUT2D eigenvalue weighted by Crippen LogP contribution is -2.54.